The van der Waals surface area contributed by atoms with Crippen molar-refractivity contribution < 1.29 is 14.3 Å². The molecule has 0 unspecified atom stereocenters. The molecule has 0 fully saturated rings. The van der Waals surface area contributed by atoms with Crippen molar-refractivity contribution in [3.63, 3.8) is 0 Å². The summed E-state index contributed by atoms with van der Waals surface area (Å²) in [6, 6.07) is 6.10. The zero-order valence-electron chi connectivity index (χ0n) is 9.18. The van der Waals surface area contributed by atoms with Gasteiger partial charge < -0.3 is 10.1 Å². The molecule has 0 aliphatic rings. The first-order valence-electron chi connectivity index (χ1n) is 5.13. The molecule has 0 atom stereocenters. The molecular weight excluding hydrogens is 239 g/mol. The number of hydrogen-bond donors (Lipinski definition) is 2. The number of halogens is 1. The minimum Gasteiger partial charge on any atom is -0.477 e. The fourth-order valence-corrected chi connectivity index (χ4v) is 1.50. The number of aromatic carboxylic acids is 1. The smallest absolute Gasteiger partial charge is 0.342 e. The monoisotopic (exact) mass is 248 g/mol. The molecule has 1 aromatic carbocycles. The van der Waals surface area contributed by atoms with E-state index in [4.69, 9.17) is 5.11 Å². The van der Waals surface area contributed by atoms with Crippen molar-refractivity contribution in [1.29, 1.82) is 0 Å². The van der Waals surface area contributed by atoms with Crippen molar-refractivity contribution in [2.24, 2.45) is 0 Å². The van der Waals surface area contributed by atoms with E-state index in [2.05, 4.69) is 9.97 Å². The van der Waals surface area contributed by atoms with Crippen LogP contribution in [0.3, 0.4) is 0 Å². The molecule has 18 heavy (non-hydrogen) atoms. The number of carboxylic acid groups (broad SMARTS) is 1. The predicted octanol–water partition coefficient (Wildman–Crippen LogP) is 1.20. The van der Waals surface area contributed by atoms with Crippen LogP contribution in [0.5, 0.6) is 0 Å². The third-order valence-electron chi connectivity index (χ3n) is 2.40. The quantitative estimate of drug-likeness (QED) is 0.854. The molecule has 2 rings (SSSR count). The van der Waals surface area contributed by atoms with Gasteiger partial charge in [0.25, 0.3) is 5.56 Å². The van der Waals surface area contributed by atoms with Crippen molar-refractivity contribution in [2.75, 3.05) is 0 Å². The van der Waals surface area contributed by atoms with Gasteiger partial charge in [-0.15, -0.1) is 0 Å². The molecule has 0 spiro atoms. The second-order valence-electron chi connectivity index (χ2n) is 3.65. The summed E-state index contributed by atoms with van der Waals surface area (Å²) in [7, 11) is 0. The number of rotatable bonds is 3. The summed E-state index contributed by atoms with van der Waals surface area (Å²) in [5, 5.41) is 8.67. The molecule has 0 saturated heterocycles. The zero-order valence-corrected chi connectivity index (χ0v) is 9.18. The van der Waals surface area contributed by atoms with Crippen LogP contribution in [-0.2, 0) is 6.42 Å². The van der Waals surface area contributed by atoms with Gasteiger partial charge in [-0.25, -0.2) is 14.2 Å². The maximum Gasteiger partial charge on any atom is 0.342 e. The maximum atomic E-state index is 13.4. The number of nitrogens with one attached hydrogen (secondary N) is 1. The molecule has 5 nitrogen and oxygen atoms in total. The highest BCUT2D eigenvalue weighted by atomic mass is 19.1. The Morgan fingerprint density at radius 3 is 2.72 bits per heavy atom. The Morgan fingerprint density at radius 1 is 1.39 bits per heavy atom. The number of hydrogen-bond acceptors (Lipinski definition) is 3. The van der Waals surface area contributed by atoms with Crippen LogP contribution in [0.15, 0.2) is 35.3 Å². The second kappa shape index (κ2) is 4.79. The van der Waals surface area contributed by atoms with E-state index < -0.39 is 22.9 Å². The van der Waals surface area contributed by atoms with Gasteiger partial charge in [-0.1, -0.05) is 18.2 Å². The number of H-pyrrole nitrogens is 1. The molecular formula is C12H9FN2O3. The van der Waals surface area contributed by atoms with E-state index in [0.29, 0.717) is 5.56 Å². The van der Waals surface area contributed by atoms with Gasteiger partial charge in [0.15, 0.2) is 0 Å². The lowest BCUT2D eigenvalue weighted by atomic mass is 10.1. The van der Waals surface area contributed by atoms with Crippen molar-refractivity contribution in [1.82, 2.24) is 9.97 Å². The van der Waals surface area contributed by atoms with E-state index in [-0.39, 0.29) is 12.2 Å². The van der Waals surface area contributed by atoms with Crippen LogP contribution in [0.4, 0.5) is 4.39 Å². The highest BCUT2D eigenvalue weighted by Gasteiger charge is 2.10. The summed E-state index contributed by atoms with van der Waals surface area (Å²) < 4.78 is 13.4. The number of nitrogens with zero attached hydrogens (tertiary/aromatic N) is 1. The van der Waals surface area contributed by atoms with E-state index in [9.17, 15) is 14.0 Å². The highest BCUT2D eigenvalue weighted by molar-refractivity contribution is 5.86. The third kappa shape index (κ3) is 2.42. The van der Waals surface area contributed by atoms with Crippen LogP contribution in [0.25, 0.3) is 0 Å². The lowest BCUT2D eigenvalue weighted by Gasteiger charge is -2.02. The van der Waals surface area contributed by atoms with E-state index in [1.807, 2.05) is 0 Å². The maximum absolute atomic E-state index is 13.4. The molecule has 92 valence electrons. The first-order chi connectivity index (χ1) is 8.58. The van der Waals surface area contributed by atoms with Gasteiger partial charge in [0.1, 0.15) is 17.2 Å². The van der Waals surface area contributed by atoms with E-state index in [1.54, 1.807) is 18.2 Å². The number of benzene rings is 1. The van der Waals surface area contributed by atoms with Crippen LogP contribution < -0.4 is 5.56 Å². The summed E-state index contributed by atoms with van der Waals surface area (Å²) in [6.07, 6.45) is 1.07. The fraction of sp³-hybridized carbons (Fsp3) is 0.0833. The molecule has 2 aromatic rings. The largest absolute Gasteiger partial charge is 0.477 e. The number of aromatic nitrogens is 2. The molecule has 2 N–H and O–H groups in total. The topological polar surface area (TPSA) is 83.0 Å². The van der Waals surface area contributed by atoms with Crippen LogP contribution in [0, 0.1) is 5.82 Å². The molecule has 6 heteroatoms. The third-order valence-corrected chi connectivity index (χ3v) is 2.40. The van der Waals surface area contributed by atoms with Gasteiger partial charge >= 0.3 is 5.97 Å². The van der Waals surface area contributed by atoms with Crippen molar-refractivity contribution >= 4 is 5.97 Å². The molecule has 0 aliphatic heterocycles. The van der Waals surface area contributed by atoms with Gasteiger partial charge in [-0.05, 0) is 11.6 Å². The van der Waals surface area contributed by atoms with Crippen LogP contribution in [0.1, 0.15) is 21.7 Å². The summed E-state index contributed by atoms with van der Waals surface area (Å²) >= 11 is 0. The Balaban J connectivity index is 2.32. The van der Waals surface area contributed by atoms with Crippen LogP contribution in [-0.4, -0.2) is 21.0 Å². The Labute approximate surface area is 101 Å². The molecule has 0 aliphatic carbocycles. The van der Waals surface area contributed by atoms with E-state index in [0.717, 1.165) is 6.20 Å². The SMILES string of the molecule is O=C(O)c1cnc(Cc2ccccc2F)[nH]c1=O. The van der Waals surface area contributed by atoms with Crippen molar-refractivity contribution in [3.05, 3.63) is 63.6 Å². The summed E-state index contributed by atoms with van der Waals surface area (Å²) in [5.41, 5.74) is -0.806. The highest BCUT2D eigenvalue weighted by Crippen LogP contribution is 2.09. The average Bonchev–Trinajstić information content (AvgIpc) is 2.32. The van der Waals surface area contributed by atoms with Gasteiger partial charge in [-0.3, -0.25) is 4.79 Å². The van der Waals surface area contributed by atoms with Gasteiger partial charge in [0.2, 0.25) is 0 Å². The van der Waals surface area contributed by atoms with E-state index >= 15 is 0 Å². The first-order valence-corrected chi connectivity index (χ1v) is 5.13. The van der Waals surface area contributed by atoms with Crippen molar-refractivity contribution in [2.45, 2.75) is 6.42 Å². The summed E-state index contributed by atoms with van der Waals surface area (Å²) in [5.74, 6) is -1.53. The predicted molar refractivity (Wildman–Crippen MR) is 61.0 cm³/mol. The van der Waals surface area contributed by atoms with Gasteiger partial charge in [0.05, 0.1) is 0 Å². The molecule has 0 amide bonds. The average molecular weight is 248 g/mol. The summed E-state index contributed by atoms with van der Waals surface area (Å²) in [4.78, 5) is 28.1. The van der Waals surface area contributed by atoms with Crippen LogP contribution in [0.2, 0.25) is 0 Å². The minimum absolute atomic E-state index is 0.0990. The summed E-state index contributed by atoms with van der Waals surface area (Å²) in [6.45, 7) is 0. The van der Waals surface area contributed by atoms with Crippen LogP contribution >= 0.6 is 0 Å². The first kappa shape index (κ1) is 12.0. The Kier molecular flexibility index (Phi) is 3.18. The fourth-order valence-electron chi connectivity index (χ4n) is 1.50. The Hall–Kier alpha value is -2.50. The number of aromatic amines is 1. The standard InChI is InChI=1S/C12H9FN2O3/c13-9-4-2-1-3-7(9)5-10-14-6-8(12(17)18)11(16)15-10/h1-4,6H,5H2,(H,17,18)(H,14,15,16). The Bertz CT molecular complexity index is 652. The lowest BCUT2D eigenvalue weighted by Crippen LogP contribution is -2.20. The van der Waals surface area contributed by atoms with Gasteiger partial charge in [-0.2, -0.15) is 0 Å². The van der Waals surface area contributed by atoms with Crippen molar-refractivity contribution in [3.8, 4) is 0 Å². The second-order valence-corrected chi connectivity index (χ2v) is 3.65. The minimum atomic E-state index is -1.35. The molecule has 1 heterocycles. The molecule has 0 radical (unpaired) electrons. The normalized spacial score (nSPS) is 10.3. The molecule has 0 saturated carbocycles. The molecule has 0 bridgehead atoms. The number of carboxylic acids is 1. The van der Waals surface area contributed by atoms with Gasteiger partial charge in [0, 0.05) is 12.6 Å². The zero-order chi connectivity index (χ0) is 13.1. The number of carbonyl (C=O) groups is 1. The Morgan fingerprint density at radius 2 is 2.11 bits per heavy atom. The lowest BCUT2D eigenvalue weighted by molar-refractivity contribution is 0.0694. The molecule has 1 aromatic heterocycles. The van der Waals surface area contributed by atoms with E-state index in [1.165, 1.54) is 6.07 Å².